The molecule has 0 spiro atoms. The van der Waals surface area contributed by atoms with E-state index in [0.717, 1.165) is 65.8 Å². The fourth-order valence-electron chi connectivity index (χ4n) is 5.46. The van der Waals surface area contributed by atoms with Crippen LogP contribution in [0.5, 0.6) is 0 Å². The molecule has 10 heteroatoms. The number of imidazole rings is 1. The smallest absolute Gasteiger partial charge is 0.230 e. The zero-order valence-corrected chi connectivity index (χ0v) is 26.3. The van der Waals surface area contributed by atoms with Crippen molar-refractivity contribution in [3.63, 3.8) is 0 Å². The van der Waals surface area contributed by atoms with Gasteiger partial charge in [-0.3, -0.25) is 19.1 Å². The molecule has 4 aromatic heterocycles. The van der Waals surface area contributed by atoms with Crippen molar-refractivity contribution in [3.8, 4) is 22.4 Å². The number of ether oxygens (including phenoxy) is 1. The SMILES string of the molecule is CC(Cc1cc(-c2ccn3c(-c4ccc(CC(=O)Nc5ncc(C(C)(C)C)s5)c(F)c4)cnc3c2)ccn1)N1CCOCC1. The highest BCUT2D eigenvalue weighted by molar-refractivity contribution is 7.15. The minimum atomic E-state index is -0.436. The van der Waals surface area contributed by atoms with E-state index in [2.05, 4.69) is 58.9 Å². The van der Waals surface area contributed by atoms with Gasteiger partial charge in [0.1, 0.15) is 11.5 Å². The largest absolute Gasteiger partial charge is 0.379 e. The van der Waals surface area contributed by atoms with Gasteiger partial charge in [0.2, 0.25) is 5.91 Å². The van der Waals surface area contributed by atoms with Gasteiger partial charge in [0.25, 0.3) is 0 Å². The van der Waals surface area contributed by atoms with Gasteiger partial charge in [0.15, 0.2) is 5.13 Å². The van der Waals surface area contributed by atoms with Crippen LogP contribution in [0.15, 0.2) is 67.3 Å². The Morgan fingerprint density at radius 3 is 2.57 bits per heavy atom. The first-order chi connectivity index (χ1) is 21.1. The predicted molar refractivity (Wildman–Crippen MR) is 173 cm³/mol. The van der Waals surface area contributed by atoms with E-state index in [1.54, 1.807) is 18.5 Å². The molecule has 1 aliphatic heterocycles. The number of aromatic nitrogens is 4. The summed E-state index contributed by atoms with van der Waals surface area (Å²) in [5.74, 6) is -0.738. The molecule has 44 heavy (non-hydrogen) atoms. The number of halogens is 1. The summed E-state index contributed by atoms with van der Waals surface area (Å²) in [5.41, 5.74) is 5.67. The number of amides is 1. The maximum absolute atomic E-state index is 15.2. The number of anilines is 1. The van der Waals surface area contributed by atoms with Gasteiger partial charge >= 0.3 is 0 Å². The Hall–Kier alpha value is -3.99. The summed E-state index contributed by atoms with van der Waals surface area (Å²) in [6, 6.07) is 13.6. The molecular formula is C34H37FN6O2S. The number of hydrogen-bond donors (Lipinski definition) is 1. The maximum atomic E-state index is 15.2. The second-order valence-electron chi connectivity index (χ2n) is 12.3. The summed E-state index contributed by atoms with van der Waals surface area (Å²) in [5, 5.41) is 3.32. The summed E-state index contributed by atoms with van der Waals surface area (Å²) in [4.78, 5) is 29.7. The van der Waals surface area contributed by atoms with E-state index in [1.165, 1.54) is 17.4 Å². The topological polar surface area (TPSA) is 84.7 Å². The summed E-state index contributed by atoms with van der Waals surface area (Å²) >= 11 is 1.44. The molecule has 1 aromatic carbocycles. The minimum absolute atomic E-state index is 0.0491. The van der Waals surface area contributed by atoms with Gasteiger partial charge in [-0.1, -0.05) is 32.9 Å². The van der Waals surface area contributed by atoms with Crippen molar-refractivity contribution >= 4 is 28.0 Å². The summed E-state index contributed by atoms with van der Waals surface area (Å²) in [7, 11) is 0. The van der Waals surface area contributed by atoms with Gasteiger partial charge in [0, 0.05) is 60.3 Å². The lowest BCUT2D eigenvalue weighted by Gasteiger charge is -2.32. The number of thiazole rings is 1. The zero-order valence-electron chi connectivity index (χ0n) is 25.5. The van der Waals surface area contributed by atoms with Crippen molar-refractivity contribution in [1.29, 1.82) is 0 Å². The third kappa shape index (κ3) is 6.72. The number of benzene rings is 1. The molecule has 0 saturated carbocycles. The van der Waals surface area contributed by atoms with Gasteiger partial charge in [-0.05, 0) is 59.4 Å². The second kappa shape index (κ2) is 12.6. The first kappa shape index (κ1) is 30.1. The molecule has 8 nitrogen and oxygen atoms in total. The molecule has 0 bridgehead atoms. The molecule has 1 atom stereocenters. The average Bonchev–Trinajstić information content (AvgIpc) is 3.66. The third-order valence-electron chi connectivity index (χ3n) is 8.03. The number of fused-ring (bicyclic) bond motifs is 1. The number of carbonyl (C=O) groups is 1. The molecule has 1 unspecified atom stereocenters. The average molecular weight is 613 g/mol. The van der Waals surface area contributed by atoms with E-state index in [1.807, 2.05) is 41.1 Å². The van der Waals surface area contributed by atoms with Crippen molar-refractivity contribution in [2.75, 3.05) is 31.6 Å². The number of pyridine rings is 2. The normalized spacial score (nSPS) is 15.0. The number of morpholine rings is 1. The van der Waals surface area contributed by atoms with E-state index >= 15 is 4.39 Å². The quantitative estimate of drug-likeness (QED) is 0.218. The molecule has 5 heterocycles. The number of rotatable bonds is 8. The standard InChI is InChI=1S/C34H37FN6O2S/c1-22(40-11-13-43-14-12-40)15-27-16-23(7-9-36-27)24-8-10-41-29(20-37-31(41)18-24)26-6-5-25(28(35)17-26)19-32(42)39-33-38-21-30(44-33)34(2,3)4/h5-10,16-18,20-22H,11-15,19H2,1-4H3,(H,38,39,42). The van der Waals surface area contributed by atoms with Crippen LogP contribution in [0.4, 0.5) is 9.52 Å². The van der Waals surface area contributed by atoms with E-state index in [9.17, 15) is 4.79 Å². The minimum Gasteiger partial charge on any atom is -0.379 e. The maximum Gasteiger partial charge on any atom is 0.230 e. The van der Waals surface area contributed by atoms with Crippen LogP contribution in [-0.4, -0.2) is 62.5 Å². The Morgan fingerprint density at radius 2 is 1.82 bits per heavy atom. The van der Waals surface area contributed by atoms with Gasteiger partial charge in [-0.15, -0.1) is 11.3 Å². The highest BCUT2D eigenvalue weighted by Crippen LogP contribution is 2.31. The molecule has 0 radical (unpaired) electrons. The van der Waals surface area contributed by atoms with Crippen molar-refractivity contribution in [2.24, 2.45) is 0 Å². The van der Waals surface area contributed by atoms with Gasteiger partial charge in [0.05, 0.1) is 31.5 Å². The van der Waals surface area contributed by atoms with Crippen LogP contribution >= 0.6 is 11.3 Å². The Kier molecular flexibility index (Phi) is 8.57. The van der Waals surface area contributed by atoms with Gasteiger partial charge in [-0.25, -0.2) is 14.4 Å². The van der Waals surface area contributed by atoms with Crippen molar-refractivity contribution in [3.05, 3.63) is 89.2 Å². The summed E-state index contributed by atoms with van der Waals surface area (Å²) in [6.07, 6.45) is 8.14. The third-order valence-corrected chi connectivity index (χ3v) is 9.37. The molecule has 1 saturated heterocycles. The molecule has 1 aliphatic rings. The molecule has 6 rings (SSSR count). The van der Waals surface area contributed by atoms with Gasteiger partial charge < -0.3 is 10.1 Å². The van der Waals surface area contributed by atoms with Crippen LogP contribution in [0, 0.1) is 5.82 Å². The second-order valence-corrected chi connectivity index (χ2v) is 13.4. The first-order valence-corrected chi connectivity index (χ1v) is 15.7. The molecule has 228 valence electrons. The highest BCUT2D eigenvalue weighted by atomic mass is 32.1. The number of nitrogens with one attached hydrogen (secondary N) is 1. The van der Waals surface area contributed by atoms with E-state index in [0.29, 0.717) is 22.3 Å². The van der Waals surface area contributed by atoms with Crippen molar-refractivity contribution < 1.29 is 13.9 Å². The lowest BCUT2D eigenvalue weighted by Crippen LogP contribution is -2.43. The number of hydrogen-bond acceptors (Lipinski definition) is 7. The van der Waals surface area contributed by atoms with E-state index in [4.69, 9.17) is 4.74 Å². The fraction of sp³-hybridized carbons (Fsp3) is 0.353. The zero-order chi connectivity index (χ0) is 30.8. The van der Waals surface area contributed by atoms with E-state index < -0.39 is 5.82 Å². The van der Waals surface area contributed by atoms with Crippen LogP contribution < -0.4 is 5.32 Å². The van der Waals surface area contributed by atoms with Crippen LogP contribution in [0.1, 0.15) is 43.8 Å². The van der Waals surface area contributed by atoms with Crippen LogP contribution in [-0.2, 0) is 27.8 Å². The lowest BCUT2D eigenvalue weighted by atomic mass is 9.96. The number of carbonyl (C=O) groups excluding carboxylic acids is 1. The number of nitrogens with zero attached hydrogens (tertiary/aromatic N) is 5. The fourth-order valence-corrected chi connectivity index (χ4v) is 6.35. The highest BCUT2D eigenvalue weighted by Gasteiger charge is 2.20. The monoisotopic (exact) mass is 612 g/mol. The molecule has 1 fully saturated rings. The first-order valence-electron chi connectivity index (χ1n) is 14.9. The van der Waals surface area contributed by atoms with Crippen LogP contribution in [0.25, 0.3) is 28.0 Å². The lowest BCUT2D eigenvalue weighted by molar-refractivity contribution is -0.115. The Bertz CT molecular complexity index is 1790. The van der Waals surface area contributed by atoms with Gasteiger partial charge in [-0.2, -0.15) is 0 Å². The predicted octanol–water partition coefficient (Wildman–Crippen LogP) is 6.40. The van der Waals surface area contributed by atoms with Crippen LogP contribution in [0.3, 0.4) is 0 Å². The summed E-state index contributed by atoms with van der Waals surface area (Å²) < 4.78 is 22.6. The molecular weight excluding hydrogens is 575 g/mol. The Morgan fingerprint density at radius 1 is 1.02 bits per heavy atom. The Labute approximate surface area is 261 Å². The molecule has 0 aliphatic carbocycles. The van der Waals surface area contributed by atoms with Crippen LogP contribution in [0.2, 0.25) is 0 Å². The van der Waals surface area contributed by atoms with Crippen molar-refractivity contribution in [1.82, 2.24) is 24.3 Å². The molecule has 1 N–H and O–H groups in total. The van der Waals surface area contributed by atoms with E-state index in [-0.39, 0.29) is 17.7 Å². The Balaban J connectivity index is 1.15. The summed E-state index contributed by atoms with van der Waals surface area (Å²) in [6.45, 7) is 12.0. The van der Waals surface area contributed by atoms with Crippen molar-refractivity contribution in [2.45, 2.75) is 52.0 Å². The molecule has 5 aromatic rings. The molecule has 1 amide bonds.